The molecule has 0 N–H and O–H groups in total. The van der Waals surface area contributed by atoms with E-state index in [4.69, 9.17) is 4.74 Å². The summed E-state index contributed by atoms with van der Waals surface area (Å²) in [5.41, 5.74) is 0.791. The van der Waals surface area contributed by atoms with Crippen LogP contribution < -0.4 is 0 Å². The molecule has 2 rings (SSSR count). The zero-order valence-electron chi connectivity index (χ0n) is 11.0. The molecule has 0 saturated heterocycles. The maximum absolute atomic E-state index is 11.8. The molecule has 0 aliphatic carbocycles. The van der Waals surface area contributed by atoms with E-state index in [1.165, 1.54) is 21.8 Å². The molecule has 2 aromatic heterocycles. The predicted octanol–water partition coefficient (Wildman–Crippen LogP) is 0.750. The summed E-state index contributed by atoms with van der Waals surface area (Å²) in [7, 11) is 1.68. The molecule has 0 bridgehead atoms. The van der Waals surface area contributed by atoms with Crippen molar-refractivity contribution in [2.45, 2.75) is 13.5 Å². The minimum absolute atomic E-state index is 0.107. The summed E-state index contributed by atoms with van der Waals surface area (Å²) in [6.07, 6.45) is 3.85. The molecule has 0 unspecified atom stereocenters. The number of aryl methyl sites for hydroxylation is 1. The lowest BCUT2D eigenvalue weighted by molar-refractivity contribution is -0.385. The number of hydrogen-bond donors (Lipinski definition) is 0. The van der Waals surface area contributed by atoms with Crippen molar-refractivity contribution < 1.29 is 14.5 Å². The maximum Gasteiger partial charge on any atom is 0.341 e. The second-order valence-electron chi connectivity index (χ2n) is 4.00. The lowest BCUT2D eigenvalue weighted by Crippen LogP contribution is -2.12. The molecule has 2 aromatic rings. The number of carbonyl (C=O) groups excluding carboxylic acids is 1. The standard InChI is InChI=1S/C11H13N5O4/c1-3-20-11(17)9-5-12-14(2)10(9)7-15-6-8(4-13-15)16(18)19/h4-6H,3,7H2,1-2H3. The van der Waals surface area contributed by atoms with E-state index in [-0.39, 0.29) is 18.8 Å². The Kier molecular flexibility index (Phi) is 3.78. The average Bonchev–Trinajstić information content (AvgIpc) is 2.99. The van der Waals surface area contributed by atoms with Gasteiger partial charge < -0.3 is 4.74 Å². The molecule has 0 atom stereocenters. The molecule has 0 saturated carbocycles. The number of aromatic nitrogens is 4. The predicted molar refractivity (Wildman–Crippen MR) is 67.1 cm³/mol. The smallest absolute Gasteiger partial charge is 0.341 e. The van der Waals surface area contributed by atoms with E-state index in [0.29, 0.717) is 11.3 Å². The molecule has 9 nitrogen and oxygen atoms in total. The summed E-state index contributed by atoms with van der Waals surface area (Å²) in [5.74, 6) is -0.475. The highest BCUT2D eigenvalue weighted by Crippen LogP contribution is 2.13. The zero-order chi connectivity index (χ0) is 14.7. The molecule has 0 aliphatic rings. The van der Waals surface area contributed by atoms with Crippen LogP contribution in [0.3, 0.4) is 0 Å². The normalized spacial score (nSPS) is 10.5. The van der Waals surface area contributed by atoms with E-state index in [1.54, 1.807) is 14.0 Å². The van der Waals surface area contributed by atoms with Crippen molar-refractivity contribution in [3.8, 4) is 0 Å². The van der Waals surface area contributed by atoms with Crippen LogP contribution in [0.1, 0.15) is 23.0 Å². The Balaban J connectivity index is 2.26. The highest BCUT2D eigenvalue weighted by atomic mass is 16.6. The molecule has 0 aromatic carbocycles. The zero-order valence-corrected chi connectivity index (χ0v) is 11.0. The van der Waals surface area contributed by atoms with Crippen molar-refractivity contribution in [3.05, 3.63) is 40.0 Å². The van der Waals surface area contributed by atoms with Crippen LogP contribution in [0.4, 0.5) is 5.69 Å². The summed E-state index contributed by atoms with van der Waals surface area (Å²) in [6, 6.07) is 0. The first kappa shape index (κ1) is 13.7. The number of esters is 1. The van der Waals surface area contributed by atoms with Gasteiger partial charge in [0.05, 0.1) is 30.0 Å². The Hall–Kier alpha value is -2.71. The Bertz CT molecular complexity index is 645. The van der Waals surface area contributed by atoms with Crippen molar-refractivity contribution in [2.75, 3.05) is 6.61 Å². The van der Waals surface area contributed by atoms with Crippen molar-refractivity contribution >= 4 is 11.7 Å². The summed E-state index contributed by atoms with van der Waals surface area (Å²) < 4.78 is 7.82. The van der Waals surface area contributed by atoms with Crippen molar-refractivity contribution in [1.29, 1.82) is 0 Å². The molecule has 0 radical (unpaired) electrons. The minimum atomic E-state index is -0.529. The SMILES string of the molecule is CCOC(=O)c1cnn(C)c1Cn1cc([N+](=O)[O-])cn1. The third-order valence-electron chi connectivity index (χ3n) is 2.70. The van der Waals surface area contributed by atoms with E-state index < -0.39 is 10.9 Å². The van der Waals surface area contributed by atoms with Crippen molar-refractivity contribution in [1.82, 2.24) is 19.6 Å². The monoisotopic (exact) mass is 279 g/mol. The van der Waals surface area contributed by atoms with Gasteiger partial charge in [-0.2, -0.15) is 10.2 Å². The van der Waals surface area contributed by atoms with Gasteiger partial charge in [-0.15, -0.1) is 0 Å². The molecule has 0 amide bonds. The third kappa shape index (κ3) is 2.66. The van der Waals surface area contributed by atoms with Crippen LogP contribution in [-0.2, 0) is 18.3 Å². The van der Waals surface area contributed by atoms with E-state index in [9.17, 15) is 14.9 Å². The van der Waals surface area contributed by atoms with Crippen LogP contribution in [-0.4, -0.2) is 37.1 Å². The number of rotatable bonds is 5. The van der Waals surface area contributed by atoms with E-state index >= 15 is 0 Å². The highest BCUT2D eigenvalue weighted by molar-refractivity contribution is 5.90. The van der Waals surface area contributed by atoms with Crippen molar-refractivity contribution in [3.63, 3.8) is 0 Å². The largest absolute Gasteiger partial charge is 0.462 e. The van der Waals surface area contributed by atoms with Gasteiger partial charge in [0, 0.05) is 7.05 Å². The van der Waals surface area contributed by atoms with E-state index in [1.807, 2.05) is 0 Å². The van der Waals surface area contributed by atoms with Crippen LogP contribution >= 0.6 is 0 Å². The van der Waals surface area contributed by atoms with Crippen LogP contribution in [0.5, 0.6) is 0 Å². The molecule has 0 spiro atoms. The van der Waals surface area contributed by atoms with Gasteiger partial charge in [0.25, 0.3) is 0 Å². The van der Waals surface area contributed by atoms with Crippen LogP contribution in [0, 0.1) is 10.1 Å². The van der Waals surface area contributed by atoms with Gasteiger partial charge in [-0.1, -0.05) is 0 Å². The molecule has 0 aliphatic heterocycles. The molecule has 106 valence electrons. The molecule has 2 heterocycles. The van der Waals surface area contributed by atoms with E-state index in [0.717, 1.165) is 6.20 Å². The maximum atomic E-state index is 11.8. The van der Waals surface area contributed by atoms with Gasteiger partial charge in [0.1, 0.15) is 18.0 Å². The first-order valence-electron chi connectivity index (χ1n) is 5.87. The number of hydrogen-bond acceptors (Lipinski definition) is 6. The lowest BCUT2D eigenvalue weighted by atomic mass is 10.2. The Morgan fingerprint density at radius 1 is 1.45 bits per heavy atom. The first-order valence-corrected chi connectivity index (χ1v) is 5.87. The second kappa shape index (κ2) is 5.51. The van der Waals surface area contributed by atoms with Gasteiger partial charge in [0.2, 0.25) is 0 Å². The van der Waals surface area contributed by atoms with Gasteiger partial charge in [0.15, 0.2) is 0 Å². The third-order valence-corrected chi connectivity index (χ3v) is 2.70. The van der Waals surface area contributed by atoms with Crippen LogP contribution in [0.2, 0.25) is 0 Å². The van der Waals surface area contributed by atoms with Gasteiger partial charge >= 0.3 is 11.7 Å². The first-order chi connectivity index (χ1) is 9.52. The fourth-order valence-corrected chi connectivity index (χ4v) is 1.72. The Labute approximate surface area is 113 Å². The van der Waals surface area contributed by atoms with Gasteiger partial charge in [-0.25, -0.2) is 4.79 Å². The fourth-order valence-electron chi connectivity index (χ4n) is 1.72. The quantitative estimate of drug-likeness (QED) is 0.454. The fraction of sp³-hybridized carbons (Fsp3) is 0.364. The number of nitrogens with zero attached hydrogens (tertiary/aromatic N) is 5. The molecule has 0 fully saturated rings. The van der Waals surface area contributed by atoms with E-state index in [2.05, 4.69) is 10.2 Å². The summed E-state index contributed by atoms with van der Waals surface area (Å²) >= 11 is 0. The Morgan fingerprint density at radius 3 is 2.80 bits per heavy atom. The Morgan fingerprint density at radius 2 is 2.20 bits per heavy atom. The number of nitro groups is 1. The van der Waals surface area contributed by atoms with Crippen molar-refractivity contribution in [2.24, 2.45) is 7.05 Å². The average molecular weight is 279 g/mol. The minimum Gasteiger partial charge on any atom is -0.462 e. The molecule has 9 heteroatoms. The molecule has 20 heavy (non-hydrogen) atoms. The topological polar surface area (TPSA) is 105 Å². The second-order valence-corrected chi connectivity index (χ2v) is 4.00. The summed E-state index contributed by atoms with van der Waals surface area (Å²) in [4.78, 5) is 21.8. The number of carbonyl (C=O) groups is 1. The van der Waals surface area contributed by atoms with Gasteiger partial charge in [-0.3, -0.25) is 19.5 Å². The van der Waals surface area contributed by atoms with Gasteiger partial charge in [-0.05, 0) is 6.92 Å². The summed E-state index contributed by atoms with van der Waals surface area (Å²) in [5, 5.41) is 18.5. The highest BCUT2D eigenvalue weighted by Gasteiger charge is 2.18. The number of ether oxygens (including phenoxy) is 1. The molecular weight excluding hydrogens is 266 g/mol. The summed E-state index contributed by atoms with van der Waals surface area (Å²) in [6.45, 7) is 2.17. The molecular formula is C11H13N5O4. The lowest BCUT2D eigenvalue weighted by Gasteiger charge is -2.05. The van der Waals surface area contributed by atoms with Crippen LogP contribution in [0.15, 0.2) is 18.6 Å². The van der Waals surface area contributed by atoms with Crippen LogP contribution in [0.25, 0.3) is 0 Å².